The maximum atomic E-state index is 12.2. The Labute approximate surface area is 185 Å². The number of amides is 1. The van der Waals surface area contributed by atoms with Crippen molar-refractivity contribution < 1.29 is 14.3 Å². The van der Waals surface area contributed by atoms with Gasteiger partial charge in [-0.2, -0.15) is 5.10 Å². The van der Waals surface area contributed by atoms with Crippen LogP contribution in [0.4, 0.5) is 5.69 Å². The molecule has 2 N–H and O–H groups in total. The Morgan fingerprint density at radius 2 is 1.81 bits per heavy atom. The van der Waals surface area contributed by atoms with Gasteiger partial charge in [0.05, 0.1) is 12.8 Å². The first-order valence-corrected chi connectivity index (χ1v) is 10.3. The molecule has 0 atom stereocenters. The molecule has 1 aliphatic rings. The minimum Gasteiger partial charge on any atom is -0.454 e. The van der Waals surface area contributed by atoms with E-state index in [-0.39, 0.29) is 19.2 Å². The highest BCUT2D eigenvalue weighted by molar-refractivity contribution is 5.99. The summed E-state index contributed by atoms with van der Waals surface area (Å²) in [5, 5.41) is 8.30. The third-order valence-corrected chi connectivity index (χ3v) is 5.23. The van der Waals surface area contributed by atoms with Crippen LogP contribution in [0.3, 0.4) is 0 Å². The molecule has 7 nitrogen and oxygen atoms in total. The fourth-order valence-corrected chi connectivity index (χ4v) is 3.69. The molecule has 5 rings (SSSR count). The number of fused-ring (bicyclic) bond motifs is 2. The lowest BCUT2D eigenvalue weighted by molar-refractivity contribution is -0.119. The molecule has 0 aliphatic carbocycles. The zero-order valence-corrected chi connectivity index (χ0v) is 17.3. The molecule has 0 saturated carbocycles. The van der Waals surface area contributed by atoms with Crippen LogP contribution in [0.15, 0.2) is 84.1 Å². The number of para-hydroxylation sites is 1. The van der Waals surface area contributed by atoms with Gasteiger partial charge in [-0.25, -0.2) is 5.43 Å². The van der Waals surface area contributed by atoms with Crippen LogP contribution in [-0.2, 0) is 11.3 Å². The van der Waals surface area contributed by atoms with Crippen molar-refractivity contribution in [3.05, 3.63) is 90.1 Å². The van der Waals surface area contributed by atoms with Gasteiger partial charge in [0.15, 0.2) is 11.5 Å². The van der Waals surface area contributed by atoms with Gasteiger partial charge >= 0.3 is 0 Å². The molecule has 32 heavy (non-hydrogen) atoms. The van der Waals surface area contributed by atoms with Crippen LogP contribution < -0.4 is 20.2 Å². The van der Waals surface area contributed by atoms with E-state index in [9.17, 15) is 4.79 Å². The Kier molecular flexibility index (Phi) is 5.45. The molecule has 160 valence electrons. The zero-order valence-electron chi connectivity index (χ0n) is 17.3. The molecule has 3 aromatic carbocycles. The van der Waals surface area contributed by atoms with E-state index < -0.39 is 0 Å². The van der Waals surface area contributed by atoms with Crippen molar-refractivity contribution in [1.82, 2.24) is 9.99 Å². The van der Waals surface area contributed by atoms with Crippen molar-refractivity contribution in [2.24, 2.45) is 5.10 Å². The van der Waals surface area contributed by atoms with Gasteiger partial charge in [0.2, 0.25) is 6.79 Å². The summed E-state index contributed by atoms with van der Waals surface area (Å²) in [6.45, 7) is 1.07. The van der Waals surface area contributed by atoms with E-state index in [4.69, 9.17) is 9.47 Å². The summed E-state index contributed by atoms with van der Waals surface area (Å²) in [6, 6.07) is 23.9. The molecular weight excluding hydrogens is 404 g/mol. The van der Waals surface area contributed by atoms with Gasteiger partial charge in [-0.15, -0.1) is 0 Å². The molecule has 0 unspecified atom stereocenters. The standard InChI is InChI=1S/C25H22N4O3/c30-25(14-26-20-10-11-23-24(12-20)32-17-31-23)28-27-13-19-16-29(15-18-6-2-1-3-7-18)22-9-5-4-8-21(19)22/h1-13,16,26H,14-15,17H2,(H,28,30)/b27-13-. The van der Waals surface area contributed by atoms with Crippen LogP contribution in [0.2, 0.25) is 0 Å². The third-order valence-electron chi connectivity index (χ3n) is 5.23. The van der Waals surface area contributed by atoms with Gasteiger partial charge in [-0.1, -0.05) is 48.5 Å². The molecule has 0 spiro atoms. The van der Waals surface area contributed by atoms with Crippen LogP contribution in [0, 0.1) is 0 Å². The Morgan fingerprint density at radius 3 is 2.72 bits per heavy atom. The van der Waals surface area contributed by atoms with E-state index in [0.717, 1.165) is 28.7 Å². The zero-order chi connectivity index (χ0) is 21.8. The number of hydrogen-bond donors (Lipinski definition) is 2. The molecule has 0 fully saturated rings. The summed E-state index contributed by atoms with van der Waals surface area (Å²) in [5.74, 6) is 1.13. The molecule has 7 heteroatoms. The predicted molar refractivity (Wildman–Crippen MR) is 124 cm³/mol. The molecule has 0 saturated heterocycles. The molecule has 4 aromatic rings. The van der Waals surface area contributed by atoms with E-state index in [2.05, 4.69) is 50.9 Å². The van der Waals surface area contributed by atoms with Crippen LogP contribution in [0.25, 0.3) is 10.9 Å². The minimum absolute atomic E-state index is 0.0900. The molecule has 1 aliphatic heterocycles. The molecule has 0 bridgehead atoms. The highest BCUT2D eigenvalue weighted by Gasteiger charge is 2.13. The Morgan fingerprint density at radius 1 is 1.00 bits per heavy atom. The first-order chi connectivity index (χ1) is 15.8. The van der Waals surface area contributed by atoms with Crippen molar-refractivity contribution in [3.63, 3.8) is 0 Å². The topological polar surface area (TPSA) is 76.9 Å². The second kappa shape index (κ2) is 8.85. The largest absolute Gasteiger partial charge is 0.454 e. The number of rotatable bonds is 7. The van der Waals surface area contributed by atoms with E-state index in [1.165, 1.54) is 5.56 Å². The van der Waals surface area contributed by atoms with Crippen LogP contribution in [0.1, 0.15) is 11.1 Å². The van der Waals surface area contributed by atoms with Crippen molar-refractivity contribution in [1.29, 1.82) is 0 Å². The molecular formula is C25H22N4O3. The highest BCUT2D eigenvalue weighted by Crippen LogP contribution is 2.34. The lowest BCUT2D eigenvalue weighted by atomic mass is 10.2. The summed E-state index contributed by atoms with van der Waals surface area (Å²) in [6.07, 6.45) is 3.74. The monoisotopic (exact) mass is 426 g/mol. The van der Waals surface area contributed by atoms with Crippen molar-refractivity contribution in [2.45, 2.75) is 6.54 Å². The quantitative estimate of drug-likeness (QED) is 0.346. The summed E-state index contributed by atoms with van der Waals surface area (Å²) in [5.41, 5.74) is 6.64. The first kappa shape index (κ1) is 19.7. The highest BCUT2D eigenvalue weighted by atomic mass is 16.7. The fraction of sp³-hybridized carbons (Fsp3) is 0.120. The normalized spacial score (nSPS) is 12.4. The van der Waals surface area contributed by atoms with Crippen LogP contribution in [-0.4, -0.2) is 30.0 Å². The Balaban J connectivity index is 1.23. The smallest absolute Gasteiger partial charge is 0.259 e. The fourth-order valence-electron chi connectivity index (χ4n) is 3.69. The van der Waals surface area contributed by atoms with Gasteiger partial charge in [0.1, 0.15) is 0 Å². The maximum Gasteiger partial charge on any atom is 0.259 e. The van der Waals surface area contributed by atoms with E-state index in [1.54, 1.807) is 12.3 Å². The summed E-state index contributed by atoms with van der Waals surface area (Å²) in [7, 11) is 0. The summed E-state index contributed by atoms with van der Waals surface area (Å²) >= 11 is 0. The number of carbonyl (C=O) groups is 1. The maximum absolute atomic E-state index is 12.2. The van der Waals surface area contributed by atoms with Crippen LogP contribution in [0.5, 0.6) is 11.5 Å². The predicted octanol–water partition coefficient (Wildman–Crippen LogP) is 3.98. The molecule has 1 aromatic heterocycles. The Hall–Kier alpha value is -4.26. The average Bonchev–Trinajstić information content (AvgIpc) is 3.43. The molecule has 2 heterocycles. The van der Waals surface area contributed by atoms with Gasteiger partial charge in [-0.3, -0.25) is 4.79 Å². The van der Waals surface area contributed by atoms with Crippen molar-refractivity contribution >= 4 is 28.7 Å². The summed E-state index contributed by atoms with van der Waals surface area (Å²) < 4.78 is 12.8. The number of hydrazone groups is 1. The molecule has 1 amide bonds. The number of benzene rings is 3. The lowest BCUT2D eigenvalue weighted by Crippen LogP contribution is -2.25. The van der Waals surface area contributed by atoms with Gasteiger partial charge in [0.25, 0.3) is 5.91 Å². The number of aromatic nitrogens is 1. The average molecular weight is 426 g/mol. The first-order valence-electron chi connectivity index (χ1n) is 10.3. The number of nitrogens with zero attached hydrogens (tertiary/aromatic N) is 2. The lowest BCUT2D eigenvalue weighted by Gasteiger charge is -2.06. The van der Waals surface area contributed by atoms with E-state index in [0.29, 0.717) is 11.5 Å². The Bertz CT molecular complexity index is 1280. The minimum atomic E-state index is -0.244. The van der Waals surface area contributed by atoms with Gasteiger partial charge in [0, 0.05) is 41.0 Å². The van der Waals surface area contributed by atoms with E-state index in [1.807, 2.05) is 42.5 Å². The second-order valence-electron chi connectivity index (χ2n) is 7.43. The van der Waals surface area contributed by atoms with Gasteiger partial charge < -0.3 is 19.4 Å². The summed E-state index contributed by atoms with van der Waals surface area (Å²) in [4.78, 5) is 12.2. The third kappa shape index (κ3) is 4.27. The molecule has 0 radical (unpaired) electrons. The van der Waals surface area contributed by atoms with E-state index >= 15 is 0 Å². The SMILES string of the molecule is O=C(CNc1ccc2c(c1)OCO2)N/N=C\c1cn(Cc2ccccc2)c2ccccc12. The number of ether oxygens (including phenoxy) is 2. The number of hydrogen-bond acceptors (Lipinski definition) is 5. The van der Waals surface area contributed by atoms with Crippen LogP contribution >= 0.6 is 0 Å². The second-order valence-corrected chi connectivity index (χ2v) is 7.43. The van der Waals surface area contributed by atoms with Gasteiger partial charge in [-0.05, 0) is 23.8 Å². The van der Waals surface area contributed by atoms with Crippen molar-refractivity contribution in [3.8, 4) is 11.5 Å². The number of anilines is 1. The van der Waals surface area contributed by atoms with Crippen molar-refractivity contribution in [2.75, 3.05) is 18.7 Å². The number of nitrogens with one attached hydrogen (secondary N) is 2. The number of carbonyl (C=O) groups excluding carboxylic acids is 1.